The fourth-order valence-electron chi connectivity index (χ4n) is 3.67. The van der Waals surface area contributed by atoms with Crippen molar-refractivity contribution in [2.45, 2.75) is 18.7 Å². The van der Waals surface area contributed by atoms with Gasteiger partial charge in [0.2, 0.25) is 0 Å². The lowest BCUT2D eigenvalue weighted by Crippen LogP contribution is -2.35. The first kappa shape index (κ1) is 23.5. The third-order valence-corrected chi connectivity index (χ3v) is 7.20. The highest BCUT2D eigenvalue weighted by molar-refractivity contribution is 7.93. The molecule has 172 valence electrons. The van der Waals surface area contributed by atoms with Crippen molar-refractivity contribution in [1.29, 1.82) is 0 Å². The molecule has 0 N–H and O–H groups in total. The van der Waals surface area contributed by atoms with Crippen molar-refractivity contribution in [3.05, 3.63) is 101 Å². The normalized spacial score (nSPS) is 11.7. The summed E-state index contributed by atoms with van der Waals surface area (Å²) < 4.78 is 33.5. The number of amides is 1. The van der Waals surface area contributed by atoms with Crippen LogP contribution >= 0.6 is 11.6 Å². The molecule has 0 atom stereocenters. The van der Waals surface area contributed by atoms with Crippen LogP contribution < -0.4 is 4.31 Å². The summed E-state index contributed by atoms with van der Waals surface area (Å²) in [5.41, 5.74) is 1.57. The van der Waals surface area contributed by atoms with Crippen LogP contribution in [0.4, 0.5) is 5.69 Å². The van der Waals surface area contributed by atoms with Gasteiger partial charge in [0.05, 0.1) is 16.1 Å². The predicted molar refractivity (Wildman–Crippen MR) is 133 cm³/mol. The molecule has 0 bridgehead atoms. The first-order chi connectivity index (χ1) is 16.2. The van der Waals surface area contributed by atoms with Crippen LogP contribution in [0, 0.1) is 6.92 Å². The molecule has 4 aromatic rings. The Morgan fingerprint density at radius 3 is 2.29 bits per heavy atom. The molecule has 1 aromatic heterocycles. The molecule has 0 saturated carbocycles. The van der Waals surface area contributed by atoms with Gasteiger partial charge in [0.1, 0.15) is 11.3 Å². The lowest BCUT2D eigenvalue weighted by molar-refractivity contribution is -0.113. The Hall–Kier alpha value is -3.68. The molecule has 0 spiro atoms. The number of ketones is 1. The fourth-order valence-corrected chi connectivity index (χ4v) is 5.17. The lowest BCUT2D eigenvalue weighted by atomic mass is 10.1. The Bertz CT molecular complexity index is 1520. The molecular weight excluding hydrogens is 474 g/mol. The zero-order valence-corrected chi connectivity index (χ0v) is 19.9. The van der Waals surface area contributed by atoms with Gasteiger partial charge in [0.15, 0.2) is 5.78 Å². The lowest BCUT2D eigenvalue weighted by Gasteiger charge is -2.21. The second-order valence-corrected chi connectivity index (χ2v) is 9.80. The average Bonchev–Trinajstić information content (AvgIpc) is 3.14. The molecule has 0 aliphatic heterocycles. The SMILES string of the molecule is CC(=O)c1c(C)oc2ccc(N(C(=O)/C=C/c3ccccc3)S(=O)(=O)c3ccc(Cl)cc3)cc12. The molecule has 34 heavy (non-hydrogen) atoms. The maximum atomic E-state index is 13.6. The molecule has 4 rings (SSSR count). The van der Waals surface area contributed by atoms with Gasteiger partial charge in [-0.05, 0) is 68.0 Å². The van der Waals surface area contributed by atoms with E-state index >= 15 is 0 Å². The number of Topliss-reactive ketones (excluding diaryl/α,β-unsaturated/α-hetero) is 1. The van der Waals surface area contributed by atoms with Gasteiger partial charge in [-0.25, -0.2) is 8.42 Å². The summed E-state index contributed by atoms with van der Waals surface area (Å²) in [6.45, 7) is 3.06. The van der Waals surface area contributed by atoms with Gasteiger partial charge < -0.3 is 4.42 Å². The highest BCUT2D eigenvalue weighted by atomic mass is 35.5. The molecule has 1 heterocycles. The van der Waals surface area contributed by atoms with Crippen LogP contribution in [0.5, 0.6) is 0 Å². The first-order valence-electron chi connectivity index (χ1n) is 10.3. The third-order valence-electron chi connectivity index (χ3n) is 5.20. The summed E-state index contributed by atoms with van der Waals surface area (Å²) in [6, 6.07) is 19.1. The zero-order valence-electron chi connectivity index (χ0n) is 18.4. The van der Waals surface area contributed by atoms with E-state index in [1.54, 1.807) is 25.1 Å². The molecule has 0 saturated heterocycles. The molecular formula is C26H20ClNO5S. The molecule has 1 amide bonds. The highest BCUT2D eigenvalue weighted by Gasteiger charge is 2.30. The van der Waals surface area contributed by atoms with E-state index < -0.39 is 15.9 Å². The molecule has 0 radical (unpaired) electrons. The number of hydrogen-bond acceptors (Lipinski definition) is 5. The highest BCUT2D eigenvalue weighted by Crippen LogP contribution is 2.32. The van der Waals surface area contributed by atoms with Crippen molar-refractivity contribution in [3.63, 3.8) is 0 Å². The van der Waals surface area contributed by atoms with Gasteiger partial charge in [-0.1, -0.05) is 41.9 Å². The van der Waals surface area contributed by atoms with E-state index in [-0.39, 0.29) is 16.4 Å². The average molecular weight is 494 g/mol. The van der Waals surface area contributed by atoms with E-state index in [1.165, 1.54) is 55.5 Å². The summed E-state index contributed by atoms with van der Waals surface area (Å²) in [6.07, 6.45) is 2.73. The minimum atomic E-state index is -4.31. The molecule has 3 aromatic carbocycles. The van der Waals surface area contributed by atoms with Crippen molar-refractivity contribution in [2.24, 2.45) is 0 Å². The number of carbonyl (C=O) groups is 2. The predicted octanol–water partition coefficient (Wildman–Crippen LogP) is 6.03. The summed E-state index contributed by atoms with van der Waals surface area (Å²) in [7, 11) is -4.31. The van der Waals surface area contributed by atoms with Gasteiger partial charge in [-0.3, -0.25) is 9.59 Å². The van der Waals surface area contributed by atoms with Crippen LogP contribution in [0.25, 0.3) is 17.0 Å². The molecule has 0 fully saturated rings. The van der Waals surface area contributed by atoms with E-state index in [4.69, 9.17) is 16.0 Å². The van der Waals surface area contributed by atoms with E-state index in [1.807, 2.05) is 18.2 Å². The van der Waals surface area contributed by atoms with Crippen LogP contribution in [0.15, 0.2) is 88.2 Å². The van der Waals surface area contributed by atoms with E-state index in [0.717, 1.165) is 5.56 Å². The number of rotatable bonds is 6. The molecule has 6 nitrogen and oxygen atoms in total. The number of hydrogen-bond donors (Lipinski definition) is 0. The Morgan fingerprint density at radius 2 is 1.65 bits per heavy atom. The van der Waals surface area contributed by atoms with Gasteiger partial charge in [-0.15, -0.1) is 0 Å². The summed E-state index contributed by atoms with van der Waals surface area (Å²) in [4.78, 5) is 25.4. The van der Waals surface area contributed by atoms with Crippen molar-refractivity contribution >= 4 is 56.0 Å². The van der Waals surface area contributed by atoms with Crippen LogP contribution in [0.1, 0.15) is 28.6 Å². The number of furan rings is 1. The smallest absolute Gasteiger partial charge is 0.271 e. The van der Waals surface area contributed by atoms with Crippen molar-refractivity contribution < 1.29 is 22.4 Å². The molecule has 8 heteroatoms. The number of halogens is 1. The topological polar surface area (TPSA) is 84.7 Å². The quantitative estimate of drug-likeness (QED) is 0.242. The Balaban J connectivity index is 1.88. The minimum absolute atomic E-state index is 0.0773. The largest absolute Gasteiger partial charge is 0.461 e. The van der Waals surface area contributed by atoms with Crippen LogP contribution in [-0.2, 0) is 14.8 Å². The zero-order chi connectivity index (χ0) is 24.5. The second-order valence-electron chi connectivity index (χ2n) is 7.58. The number of aryl methyl sites for hydroxylation is 1. The molecule has 0 aliphatic carbocycles. The number of sulfonamides is 1. The second kappa shape index (κ2) is 9.29. The minimum Gasteiger partial charge on any atom is -0.461 e. The Morgan fingerprint density at radius 1 is 0.971 bits per heavy atom. The van der Waals surface area contributed by atoms with Gasteiger partial charge in [-0.2, -0.15) is 4.31 Å². The number of fused-ring (bicyclic) bond motifs is 1. The van der Waals surface area contributed by atoms with Crippen molar-refractivity contribution in [2.75, 3.05) is 4.31 Å². The number of benzene rings is 3. The van der Waals surface area contributed by atoms with Crippen LogP contribution in [0.3, 0.4) is 0 Å². The number of anilines is 1. The van der Waals surface area contributed by atoms with Gasteiger partial charge >= 0.3 is 0 Å². The fraction of sp³-hybridized carbons (Fsp3) is 0.0769. The summed E-state index contributed by atoms with van der Waals surface area (Å²) in [5, 5.41) is 0.792. The molecule has 0 aliphatic rings. The molecule has 0 unspecified atom stereocenters. The van der Waals surface area contributed by atoms with Crippen LogP contribution in [0.2, 0.25) is 5.02 Å². The van der Waals surface area contributed by atoms with E-state index in [2.05, 4.69) is 0 Å². The van der Waals surface area contributed by atoms with E-state index in [9.17, 15) is 18.0 Å². The van der Waals surface area contributed by atoms with Crippen LogP contribution in [-0.4, -0.2) is 20.1 Å². The van der Waals surface area contributed by atoms with Crippen molar-refractivity contribution in [3.8, 4) is 0 Å². The number of carbonyl (C=O) groups excluding carboxylic acids is 2. The Kier molecular flexibility index (Phi) is 6.41. The first-order valence-corrected chi connectivity index (χ1v) is 12.1. The standard InChI is InChI=1S/C26H20ClNO5S/c1-17(29)26-18(2)33-24-14-11-21(16-23(24)26)28(25(30)15-8-19-6-4-3-5-7-19)34(31,32)22-12-9-20(27)10-13-22/h3-16H,1-2H3/b15-8+. The maximum Gasteiger partial charge on any atom is 0.271 e. The van der Waals surface area contributed by atoms with E-state index in [0.29, 0.717) is 31.6 Å². The summed E-state index contributed by atoms with van der Waals surface area (Å²) >= 11 is 5.92. The summed E-state index contributed by atoms with van der Waals surface area (Å²) in [5.74, 6) is -0.583. The number of nitrogens with zero attached hydrogens (tertiary/aromatic N) is 1. The monoisotopic (exact) mass is 493 g/mol. The maximum absolute atomic E-state index is 13.6. The van der Waals surface area contributed by atoms with Crippen molar-refractivity contribution in [1.82, 2.24) is 0 Å². The van der Waals surface area contributed by atoms with Gasteiger partial charge in [0.25, 0.3) is 15.9 Å². The van der Waals surface area contributed by atoms with Gasteiger partial charge in [0, 0.05) is 16.5 Å². The Labute approximate surface area is 202 Å². The third kappa shape index (κ3) is 4.53.